The van der Waals surface area contributed by atoms with Crippen LogP contribution in [0.3, 0.4) is 0 Å². The Morgan fingerprint density at radius 1 is 1.52 bits per heavy atom. The van der Waals surface area contributed by atoms with E-state index in [0.717, 1.165) is 31.9 Å². The number of nitrogens with one attached hydrogen (secondary N) is 2. The van der Waals surface area contributed by atoms with E-state index in [-0.39, 0.29) is 11.9 Å². The topological polar surface area (TPSA) is 109 Å². The largest absolute Gasteiger partial charge is 0.466 e. The van der Waals surface area contributed by atoms with Crippen LogP contribution in [0.15, 0.2) is 27.8 Å². The van der Waals surface area contributed by atoms with Gasteiger partial charge in [-0.15, -0.1) is 5.10 Å². The second-order valence-corrected chi connectivity index (χ2v) is 6.29. The van der Waals surface area contributed by atoms with Crippen LogP contribution in [0.25, 0.3) is 11.6 Å². The van der Waals surface area contributed by atoms with Crippen molar-refractivity contribution in [3.63, 3.8) is 0 Å². The maximum atomic E-state index is 12.1. The number of hydrogen-bond acceptors (Lipinski definition) is 6. The number of piperidine rings is 1. The van der Waals surface area contributed by atoms with Crippen LogP contribution >= 0.6 is 0 Å². The molecule has 3 heterocycles. The zero-order chi connectivity index (χ0) is 19.1. The monoisotopic (exact) mass is 374 g/mol. The van der Waals surface area contributed by atoms with Gasteiger partial charge in [-0.2, -0.15) is 0 Å². The summed E-state index contributed by atoms with van der Waals surface area (Å²) in [4.78, 5) is 23.3. The van der Waals surface area contributed by atoms with Crippen molar-refractivity contribution in [2.24, 2.45) is 10.9 Å². The van der Waals surface area contributed by atoms with Crippen molar-refractivity contribution in [1.82, 2.24) is 25.4 Å². The first-order chi connectivity index (χ1) is 13.2. The summed E-state index contributed by atoms with van der Waals surface area (Å²) in [7, 11) is 0. The molecule has 0 bridgehead atoms. The zero-order valence-electron chi connectivity index (χ0n) is 15.8. The Morgan fingerprint density at radius 2 is 2.41 bits per heavy atom. The second-order valence-electron chi connectivity index (χ2n) is 6.29. The number of carbonyl (C=O) groups excluding carboxylic acids is 1. The molecule has 9 nitrogen and oxygen atoms in total. The highest BCUT2D eigenvalue weighted by Crippen LogP contribution is 2.18. The first-order valence-electron chi connectivity index (χ1n) is 9.36. The minimum atomic E-state index is -0.128. The lowest BCUT2D eigenvalue weighted by Gasteiger charge is -2.33. The fourth-order valence-electron chi connectivity index (χ4n) is 3.08. The summed E-state index contributed by atoms with van der Waals surface area (Å²) in [5.41, 5.74) is 0. The summed E-state index contributed by atoms with van der Waals surface area (Å²) in [5.74, 6) is 2.30. The van der Waals surface area contributed by atoms with Gasteiger partial charge in [-0.05, 0) is 38.8 Å². The van der Waals surface area contributed by atoms with Crippen molar-refractivity contribution < 1.29 is 13.9 Å². The third-order valence-electron chi connectivity index (χ3n) is 4.33. The van der Waals surface area contributed by atoms with E-state index in [1.165, 1.54) is 0 Å². The Bertz CT molecular complexity index is 755. The molecule has 1 saturated heterocycles. The van der Waals surface area contributed by atoms with E-state index in [9.17, 15) is 4.79 Å². The lowest BCUT2D eigenvalue weighted by atomic mass is 9.98. The molecule has 1 aliphatic heterocycles. The first kappa shape index (κ1) is 18.9. The van der Waals surface area contributed by atoms with Crippen molar-refractivity contribution in [1.29, 1.82) is 0 Å². The number of ether oxygens (including phenoxy) is 1. The van der Waals surface area contributed by atoms with Crippen molar-refractivity contribution in [3.8, 4) is 11.6 Å². The third kappa shape index (κ3) is 4.87. The molecule has 0 spiro atoms. The average Bonchev–Trinajstić information content (AvgIpc) is 3.37. The molecule has 1 atom stereocenters. The van der Waals surface area contributed by atoms with Crippen molar-refractivity contribution in [2.75, 3.05) is 26.2 Å². The predicted octanol–water partition coefficient (Wildman–Crippen LogP) is 1.81. The summed E-state index contributed by atoms with van der Waals surface area (Å²) >= 11 is 0. The fraction of sp³-hybridized carbons (Fsp3) is 0.556. The van der Waals surface area contributed by atoms with E-state index in [1.807, 2.05) is 19.9 Å². The van der Waals surface area contributed by atoms with Crippen LogP contribution in [-0.4, -0.2) is 58.3 Å². The Hall–Kier alpha value is -2.84. The normalized spacial score (nSPS) is 17.8. The van der Waals surface area contributed by atoms with Gasteiger partial charge in [0.05, 0.1) is 18.8 Å². The molecular weight excluding hydrogens is 348 g/mol. The van der Waals surface area contributed by atoms with Gasteiger partial charge in [0.2, 0.25) is 5.82 Å². The minimum Gasteiger partial charge on any atom is -0.466 e. The molecule has 0 saturated carbocycles. The number of carbonyl (C=O) groups is 1. The van der Waals surface area contributed by atoms with Crippen LogP contribution in [0.2, 0.25) is 0 Å². The van der Waals surface area contributed by atoms with Gasteiger partial charge in [0, 0.05) is 19.6 Å². The maximum absolute atomic E-state index is 12.1. The highest BCUT2D eigenvalue weighted by Gasteiger charge is 2.28. The Balaban J connectivity index is 1.66. The number of furan rings is 1. The summed E-state index contributed by atoms with van der Waals surface area (Å²) in [6.45, 7) is 6.83. The highest BCUT2D eigenvalue weighted by atomic mass is 16.5. The molecule has 9 heteroatoms. The van der Waals surface area contributed by atoms with Gasteiger partial charge in [0.1, 0.15) is 12.4 Å². The maximum Gasteiger partial charge on any atom is 0.310 e. The molecule has 146 valence electrons. The second kappa shape index (κ2) is 9.20. The smallest absolute Gasteiger partial charge is 0.310 e. The molecule has 0 aromatic carbocycles. The molecule has 2 aromatic rings. The molecule has 1 unspecified atom stereocenters. The lowest BCUT2D eigenvalue weighted by Crippen LogP contribution is -2.48. The molecule has 2 N–H and O–H groups in total. The SMILES string of the molecule is CCNC(=NCc1nc(-c2ccco2)n[nH]1)N1CCCC(C(=O)OCC)C1. The van der Waals surface area contributed by atoms with E-state index in [2.05, 4.69) is 30.4 Å². The Labute approximate surface area is 158 Å². The summed E-state index contributed by atoms with van der Waals surface area (Å²) in [6.07, 6.45) is 3.37. The standard InChI is InChI=1S/C18H26N6O3/c1-3-19-18(24-9-5-7-13(12-24)17(25)26-4-2)20-11-15-21-16(23-22-15)14-8-6-10-27-14/h6,8,10,13H,3-5,7,9,11-12H2,1-2H3,(H,19,20)(H,21,22,23). The number of guanidine groups is 1. The van der Waals surface area contributed by atoms with Crippen LogP contribution in [0.4, 0.5) is 0 Å². The molecule has 3 rings (SSSR count). The number of likely N-dealkylation sites (tertiary alicyclic amines) is 1. The molecule has 2 aromatic heterocycles. The molecule has 0 radical (unpaired) electrons. The number of rotatable bonds is 6. The Morgan fingerprint density at radius 3 is 3.15 bits per heavy atom. The molecule has 1 fully saturated rings. The number of aromatic nitrogens is 3. The summed E-state index contributed by atoms with van der Waals surface area (Å²) in [5, 5.41) is 10.3. The van der Waals surface area contributed by atoms with Gasteiger partial charge in [0.15, 0.2) is 11.7 Å². The number of hydrogen-bond donors (Lipinski definition) is 2. The van der Waals surface area contributed by atoms with E-state index >= 15 is 0 Å². The van der Waals surface area contributed by atoms with Gasteiger partial charge in [-0.1, -0.05) is 0 Å². The molecular formula is C18H26N6O3. The predicted molar refractivity (Wildman–Crippen MR) is 99.8 cm³/mol. The third-order valence-corrected chi connectivity index (χ3v) is 4.33. The van der Waals surface area contributed by atoms with Crippen molar-refractivity contribution in [3.05, 3.63) is 24.2 Å². The molecule has 27 heavy (non-hydrogen) atoms. The van der Waals surface area contributed by atoms with E-state index < -0.39 is 0 Å². The van der Waals surface area contributed by atoms with Crippen LogP contribution in [-0.2, 0) is 16.1 Å². The Kier molecular flexibility index (Phi) is 6.45. The lowest BCUT2D eigenvalue weighted by molar-refractivity contribution is -0.149. The number of H-pyrrole nitrogens is 1. The summed E-state index contributed by atoms with van der Waals surface area (Å²) < 4.78 is 10.5. The van der Waals surface area contributed by atoms with Crippen molar-refractivity contribution in [2.45, 2.75) is 33.2 Å². The van der Waals surface area contributed by atoms with Crippen LogP contribution < -0.4 is 5.32 Å². The molecule has 0 aliphatic carbocycles. The van der Waals surface area contributed by atoms with Gasteiger partial charge < -0.3 is 19.4 Å². The fourth-order valence-corrected chi connectivity index (χ4v) is 3.08. The number of nitrogens with zero attached hydrogens (tertiary/aromatic N) is 4. The quantitative estimate of drug-likeness (QED) is 0.451. The van der Waals surface area contributed by atoms with Gasteiger partial charge >= 0.3 is 5.97 Å². The van der Waals surface area contributed by atoms with Gasteiger partial charge in [-0.25, -0.2) is 9.98 Å². The summed E-state index contributed by atoms with van der Waals surface area (Å²) in [6, 6.07) is 3.60. The number of aromatic amines is 1. The van der Waals surface area contributed by atoms with E-state index in [0.29, 0.717) is 37.1 Å². The minimum absolute atomic E-state index is 0.113. The van der Waals surface area contributed by atoms with Crippen LogP contribution in [0.5, 0.6) is 0 Å². The molecule has 0 amide bonds. The zero-order valence-corrected chi connectivity index (χ0v) is 15.8. The van der Waals surface area contributed by atoms with E-state index in [4.69, 9.17) is 9.15 Å². The number of esters is 1. The van der Waals surface area contributed by atoms with Crippen molar-refractivity contribution >= 4 is 11.9 Å². The number of aliphatic imine (C=N–C) groups is 1. The van der Waals surface area contributed by atoms with E-state index in [1.54, 1.807) is 12.3 Å². The van der Waals surface area contributed by atoms with Crippen LogP contribution in [0, 0.1) is 5.92 Å². The molecule has 1 aliphatic rings. The highest BCUT2D eigenvalue weighted by molar-refractivity contribution is 5.81. The van der Waals surface area contributed by atoms with Crippen LogP contribution in [0.1, 0.15) is 32.5 Å². The average molecular weight is 374 g/mol. The van der Waals surface area contributed by atoms with Gasteiger partial charge in [0.25, 0.3) is 0 Å². The van der Waals surface area contributed by atoms with Gasteiger partial charge in [-0.3, -0.25) is 9.89 Å². The first-order valence-corrected chi connectivity index (χ1v) is 9.36.